The molecule has 2 rings (SSSR count). The van der Waals surface area contributed by atoms with E-state index >= 15 is 0 Å². The number of nitrogens with zero attached hydrogens (tertiary/aromatic N) is 3. The molecule has 1 aliphatic heterocycles. The Labute approximate surface area is 168 Å². The maximum atomic E-state index is 12.6. The normalized spacial score (nSPS) is 16.0. The molecular weight excluding hydrogens is 411 g/mol. The van der Waals surface area contributed by atoms with Gasteiger partial charge in [0.1, 0.15) is 0 Å². The number of hydrogen-bond acceptors (Lipinski definition) is 5. The highest BCUT2D eigenvalue weighted by Gasteiger charge is 2.46. The molecule has 162 valence electrons. The van der Waals surface area contributed by atoms with Gasteiger partial charge in [0.2, 0.25) is 5.91 Å². The first-order valence-electron chi connectivity index (χ1n) is 9.22. The molecule has 1 saturated heterocycles. The first-order valence-corrected chi connectivity index (χ1v) is 10.7. The van der Waals surface area contributed by atoms with Crippen molar-refractivity contribution in [2.45, 2.75) is 24.3 Å². The van der Waals surface area contributed by atoms with E-state index in [0.717, 1.165) is 24.3 Å². The largest absolute Gasteiger partial charge is 0.501 e. The maximum absolute atomic E-state index is 12.6. The van der Waals surface area contributed by atoms with E-state index in [1.165, 1.54) is 4.90 Å². The number of alkyl halides is 3. The van der Waals surface area contributed by atoms with Crippen molar-refractivity contribution >= 4 is 21.7 Å². The van der Waals surface area contributed by atoms with Gasteiger partial charge in [0.25, 0.3) is 15.7 Å². The molecule has 0 atom stereocenters. The smallest absolute Gasteiger partial charge is 0.342 e. The van der Waals surface area contributed by atoms with Crippen LogP contribution < -0.4 is 0 Å². The van der Waals surface area contributed by atoms with Crippen molar-refractivity contribution in [3.63, 3.8) is 0 Å². The molecule has 0 spiro atoms. The second-order valence-electron chi connectivity index (χ2n) is 6.61. The fourth-order valence-electron chi connectivity index (χ4n) is 3.07. The molecule has 29 heavy (non-hydrogen) atoms. The first-order chi connectivity index (χ1) is 13.5. The summed E-state index contributed by atoms with van der Waals surface area (Å²) in [6, 6.07) is 3.73. The van der Waals surface area contributed by atoms with Gasteiger partial charge in [-0.05, 0) is 38.1 Å². The van der Waals surface area contributed by atoms with Crippen molar-refractivity contribution < 1.29 is 31.2 Å². The summed E-state index contributed by atoms with van der Waals surface area (Å²) in [5, 5.41) is 0. The van der Waals surface area contributed by atoms with Crippen LogP contribution in [0.4, 0.5) is 13.2 Å². The van der Waals surface area contributed by atoms with Crippen LogP contribution in [0.3, 0.4) is 0 Å². The summed E-state index contributed by atoms with van der Waals surface area (Å²) >= 11 is 0. The van der Waals surface area contributed by atoms with E-state index in [9.17, 15) is 31.2 Å². The number of sulfone groups is 1. The lowest BCUT2D eigenvalue weighted by atomic mass is 10.2. The van der Waals surface area contributed by atoms with Gasteiger partial charge in [-0.2, -0.15) is 13.2 Å². The van der Waals surface area contributed by atoms with Crippen molar-refractivity contribution in [2.75, 3.05) is 45.8 Å². The molecule has 7 nitrogen and oxygen atoms in total. The Kier molecular flexibility index (Phi) is 7.28. The Bertz CT molecular complexity index is 829. The minimum atomic E-state index is -5.44. The van der Waals surface area contributed by atoms with Crippen molar-refractivity contribution in [2.24, 2.45) is 0 Å². The summed E-state index contributed by atoms with van der Waals surface area (Å²) in [6.45, 7) is 7.08. The Morgan fingerprint density at radius 2 is 1.52 bits per heavy atom. The zero-order valence-corrected chi connectivity index (χ0v) is 17.1. The zero-order chi connectivity index (χ0) is 21.8. The molecule has 0 bridgehead atoms. The van der Waals surface area contributed by atoms with Crippen molar-refractivity contribution in [1.82, 2.24) is 14.7 Å². The van der Waals surface area contributed by atoms with E-state index in [0.29, 0.717) is 39.3 Å². The van der Waals surface area contributed by atoms with Crippen LogP contribution in [-0.2, 0) is 14.6 Å². The number of amides is 2. The molecule has 1 aromatic rings. The Morgan fingerprint density at radius 3 is 1.97 bits per heavy atom. The molecule has 0 aliphatic carbocycles. The second kappa shape index (κ2) is 9.12. The fourth-order valence-corrected chi connectivity index (χ4v) is 3.83. The van der Waals surface area contributed by atoms with Gasteiger partial charge in [0, 0.05) is 44.8 Å². The van der Waals surface area contributed by atoms with Gasteiger partial charge in [-0.3, -0.25) is 14.5 Å². The average Bonchev–Trinajstić information content (AvgIpc) is 2.68. The number of carbonyl (C=O) groups is 2. The van der Waals surface area contributed by atoms with Crippen LogP contribution in [0.25, 0.3) is 0 Å². The zero-order valence-electron chi connectivity index (χ0n) is 16.3. The third-order valence-electron chi connectivity index (χ3n) is 4.85. The summed E-state index contributed by atoms with van der Waals surface area (Å²) in [5.74, 6) is -0.369. The van der Waals surface area contributed by atoms with Gasteiger partial charge in [0.05, 0.1) is 11.4 Å². The van der Waals surface area contributed by atoms with Gasteiger partial charge in [-0.25, -0.2) is 8.42 Å². The van der Waals surface area contributed by atoms with Gasteiger partial charge in [-0.1, -0.05) is 0 Å². The van der Waals surface area contributed by atoms with E-state index in [4.69, 9.17) is 0 Å². The van der Waals surface area contributed by atoms with Crippen molar-refractivity contribution in [3.8, 4) is 0 Å². The monoisotopic (exact) mass is 435 g/mol. The quantitative estimate of drug-likeness (QED) is 0.679. The summed E-state index contributed by atoms with van der Waals surface area (Å²) in [6.07, 6.45) is 0. The number of likely N-dealkylation sites (N-methyl/N-ethyl adjacent to an activating group) is 1. The SMILES string of the molecule is CCN(CC)C(=O)CN1CCN(C(=O)c2ccc(S(=O)(=O)C(F)(F)F)cc2)CC1. The molecule has 1 aliphatic rings. The lowest BCUT2D eigenvalue weighted by Gasteiger charge is -2.35. The fraction of sp³-hybridized carbons (Fsp3) is 0.556. The minimum absolute atomic E-state index is 0.0243. The number of benzene rings is 1. The number of halogens is 3. The first kappa shape index (κ1) is 23.1. The van der Waals surface area contributed by atoms with E-state index < -0.39 is 26.1 Å². The molecule has 0 N–H and O–H groups in total. The van der Waals surface area contributed by atoms with Gasteiger partial charge in [-0.15, -0.1) is 0 Å². The highest BCUT2D eigenvalue weighted by atomic mass is 32.2. The summed E-state index contributed by atoms with van der Waals surface area (Å²) in [5.41, 5.74) is -5.28. The lowest BCUT2D eigenvalue weighted by Crippen LogP contribution is -2.51. The Hall–Kier alpha value is -2.14. The van der Waals surface area contributed by atoms with Gasteiger partial charge in [0.15, 0.2) is 0 Å². The molecular formula is C18H24F3N3O4S. The Balaban J connectivity index is 1.97. The summed E-state index contributed by atoms with van der Waals surface area (Å²) < 4.78 is 60.6. The van der Waals surface area contributed by atoms with Crippen LogP contribution in [-0.4, -0.2) is 86.3 Å². The van der Waals surface area contributed by atoms with E-state index in [-0.39, 0.29) is 18.0 Å². The predicted molar refractivity (Wildman–Crippen MR) is 100.0 cm³/mol. The van der Waals surface area contributed by atoms with Crippen LogP contribution in [0.1, 0.15) is 24.2 Å². The van der Waals surface area contributed by atoms with Gasteiger partial charge < -0.3 is 9.80 Å². The third kappa shape index (κ3) is 5.27. The highest BCUT2D eigenvalue weighted by molar-refractivity contribution is 7.92. The number of carbonyl (C=O) groups excluding carboxylic acids is 2. The average molecular weight is 435 g/mol. The topological polar surface area (TPSA) is 78.0 Å². The molecule has 0 unspecified atom stereocenters. The Morgan fingerprint density at radius 1 is 1.00 bits per heavy atom. The van der Waals surface area contributed by atoms with Crippen LogP contribution in [0.15, 0.2) is 29.2 Å². The van der Waals surface area contributed by atoms with E-state index in [1.807, 2.05) is 18.7 Å². The molecule has 1 heterocycles. The molecule has 11 heteroatoms. The number of hydrogen-bond donors (Lipinski definition) is 0. The minimum Gasteiger partial charge on any atom is -0.342 e. The third-order valence-corrected chi connectivity index (χ3v) is 6.35. The highest BCUT2D eigenvalue weighted by Crippen LogP contribution is 2.30. The standard InChI is InChI=1S/C18H24F3N3O4S/c1-3-23(4-2)16(25)13-22-9-11-24(12-10-22)17(26)14-5-7-15(8-6-14)29(27,28)18(19,20)21/h5-8H,3-4,9-13H2,1-2H3. The molecule has 1 fully saturated rings. The van der Waals surface area contributed by atoms with Crippen LogP contribution in [0.5, 0.6) is 0 Å². The molecule has 0 radical (unpaired) electrons. The van der Waals surface area contributed by atoms with E-state index in [1.54, 1.807) is 4.90 Å². The van der Waals surface area contributed by atoms with Crippen LogP contribution in [0, 0.1) is 0 Å². The predicted octanol–water partition coefficient (Wildman–Crippen LogP) is 1.61. The molecule has 2 amide bonds. The van der Waals surface area contributed by atoms with Crippen LogP contribution >= 0.6 is 0 Å². The van der Waals surface area contributed by atoms with Crippen LogP contribution in [0.2, 0.25) is 0 Å². The molecule has 0 saturated carbocycles. The van der Waals surface area contributed by atoms with E-state index in [2.05, 4.69) is 0 Å². The summed E-state index contributed by atoms with van der Waals surface area (Å²) in [7, 11) is -5.44. The number of rotatable bonds is 6. The summed E-state index contributed by atoms with van der Waals surface area (Å²) in [4.78, 5) is 29.0. The second-order valence-corrected chi connectivity index (χ2v) is 8.55. The van der Waals surface area contributed by atoms with Crippen molar-refractivity contribution in [1.29, 1.82) is 0 Å². The number of piperazine rings is 1. The van der Waals surface area contributed by atoms with Gasteiger partial charge >= 0.3 is 5.51 Å². The van der Waals surface area contributed by atoms with Crippen molar-refractivity contribution in [3.05, 3.63) is 29.8 Å². The lowest BCUT2D eigenvalue weighted by molar-refractivity contribution is -0.132. The molecule has 0 aromatic heterocycles. The maximum Gasteiger partial charge on any atom is 0.501 e. The molecule has 1 aromatic carbocycles.